The predicted octanol–water partition coefficient (Wildman–Crippen LogP) is 3.69. The zero-order valence-electron chi connectivity index (χ0n) is 9.72. The lowest BCUT2D eigenvalue weighted by molar-refractivity contribution is -0.126. The Hall–Kier alpha value is -0.690. The van der Waals surface area contributed by atoms with Crippen molar-refractivity contribution in [2.24, 2.45) is 5.73 Å². The van der Waals surface area contributed by atoms with E-state index in [-0.39, 0.29) is 11.9 Å². The number of β-lactam (4-membered cyclic amide) rings is 1. The number of nitrogens with zero attached hydrogens (tertiary/aromatic N) is 1. The molecule has 19 heavy (non-hydrogen) atoms. The Morgan fingerprint density at radius 1 is 1.11 bits per heavy atom. The summed E-state index contributed by atoms with van der Waals surface area (Å²) in [5, 5.41) is 0. The average Bonchev–Trinajstić information content (AvgIpc) is 2.82. The molecule has 1 aliphatic rings. The topological polar surface area (TPSA) is 46.3 Å². The van der Waals surface area contributed by atoms with Crippen LogP contribution in [-0.4, -0.2) is 11.9 Å². The zero-order valence-corrected chi connectivity index (χ0v) is 13.7. The van der Waals surface area contributed by atoms with Crippen LogP contribution < -0.4 is 10.6 Å². The molecule has 0 unspecified atom stereocenters. The highest BCUT2D eigenvalue weighted by atomic mass is 79.9. The van der Waals surface area contributed by atoms with E-state index in [1.54, 1.807) is 16.2 Å². The van der Waals surface area contributed by atoms with Crippen molar-refractivity contribution in [3.63, 3.8) is 0 Å². The van der Waals surface area contributed by atoms with Gasteiger partial charge in [0.15, 0.2) is 0 Å². The number of carbonyl (C=O) groups is 1. The summed E-state index contributed by atoms with van der Waals surface area (Å²) in [6.45, 7) is 0. The molecule has 1 aliphatic heterocycles. The van der Waals surface area contributed by atoms with E-state index in [2.05, 4.69) is 31.9 Å². The van der Waals surface area contributed by atoms with Crippen LogP contribution in [0.25, 0.3) is 0 Å². The fourth-order valence-electron chi connectivity index (χ4n) is 2.19. The van der Waals surface area contributed by atoms with E-state index in [9.17, 15) is 4.79 Å². The van der Waals surface area contributed by atoms with Crippen molar-refractivity contribution in [2.45, 2.75) is 12.1 Å². The average molecular weight is 402 g/mol. The quantitative estimate of drug-likeness (QED) is 0.780. The summed E-state index contributed by atoms with van der Waals surface area (Å²) in [5.41, 5.74) is 6.84. The lowest BCUT2D eigenvalue weighted by Crippen LogP contribution is -2.63. The van der Waals surface area contributed by atoms with Gasteiger partial charge in [0, 0.05) is 15.0 Å². The van der Waals surface area contributed by atoms with Crippen molar-refractivity contribution in [1.29, 1.82) is 0 Å². The van der Waals surface area contributed by atoms with Crippen molar-refractivity contribution in [1.82, 2.24) is 0 Å². The summed E-state index contributed by atoms with van der Waals surface area (Å²) in [4.78, 5) is 14.9. The minimum atomic E-state index is -0.450. The number of rotatable bonds is 2. The Morgan fingerprint density at radius 3 is 2.37 bits per heavy atom. The number of benzene rings is 1. The van der Waals surface area contributed by atoms with E-state index in [0.717, 1.165) is 18.8 Å². The van der Waals surface area contributed by atoms with Gasteiger partial charge in [0.2, 0.25) is 5.91 Å². The fourth-order valence-corrected chi connectivity index (χ4v) is 4.02. The van der Waals surface area contributed by atoms with Crippen LogP contribution in [0.5, 0.6) is 0 Å². The predicted molar refractivity (Wildman–Crippen MR) is 84.4 cm³/mol. The monoisotopic (exact) mass is 400 g/mol. The number of anilines is 1. The number of hydrogen-bond donors (Lipinski definition) is 1. The zero-order chi connectivity index (χ0) is 13.6. The van der Waals surface area contributed by atoms with Gasteiger partial charge in [-0.3, -0.25) is 4.79 Å². The molecule has 0 spiro atoms. The Labute approximate surface area is 131 Å². The highest BCUT2D eigenvalue weighted by Gasteiger charge is 2.47. The van der Waals surface area contributed by atoms with Gasteiger partial charge in [-0.05, 0) is 52.3 Å². The van der Waals surface area contributed by atoms with Crippen LogP contribution in [0.15, 0.2) is 44.7 Å². The van der Waals surface area contributed by atoms with Crippen LogP contribution in [0.3, 0.4) is 0 Å². The number of thiophene rings is 1. The molecule has 2 aromatic rings. The first-order chi connectivity index (χ1) is 9.08. The SMILES string of the molecule is N[C@@H]1C(=O)N(c2ccc(Br)cc2)[C@@H]1c1ccc(Br)s1. The molecule has 3 nitrogen and oxygen atoms in total. The Kier molecular flexibility index (Phi) is 3.51. The lowest BCUT2D eigenvalue weighted by atomic mass is 9.93. The van der Waals surface area contributed by atoms with Gasteiger partial charge in [-0.25, -0.2) is 0 Å². The van der Waals surface area contributed by atoms with E-state index >= 15 is 0 Å². The second-order valence-electron chi connectivity index (χ2n) is 4.30. The third-order valence-corrected chi connectivity index (χ3v) is 5.35. The first-order valence-corrected chi connectivity index (χ1v) is 8.07. The number of carbonyl (C=O) groups excluding carboxylic acids is 1. The van der Waals surface area contributed by atoms with Crippen molar-refractivity contribution < 1.29 is 4.79 Å². The van der Waals surface area contributed by atoms with Gasteiger partial charge in [-0.1, -0.05) is 15.9 Å². The van der Waals surface area contributed by atoms with Crippen molar-refractivity contribution in [3.8, 4) is 0 Å². The largest absolute Gasteiger partial charge is 0.318 e. The van der Waals surface area contributed by atoms with Crippen molar-refractivity contribution >= 4 is 54.8 Å². The molecule has 2 heterocycles. The van der Waals surface area contributed by atoms with Crippen molar-refractivity contribution in [3.05, 3.63) is 49.5 Å². The molecule has 1 aromatic heterocycles. The van der Waals surface area contributed by atoms with Gasteiger partial charge in [-0.15, -0.1) is 11.3 Å². The van der Waals surface area contributed by atoms with Gasteiger partial charge in [0.05, 0.1) is 9.83 Å². The molecule has 6 heteroatoms. The van der Waals surface area contributed by atoms with Crippen LogP contribution in [0.2, 0.25) is 0 Å². The van der Waals surface area contributed by atoms with E-state index in [1.165, 1.54) is 0 Å². The Bertz CT molecular complexity index is 626. The molecule has 1 fully saturated rings. The minimum absolute atomic E-state index is 0.0307. The van der Waals surface area contributed by atoms with Crippen LogP contribution in [-0.2, 0) is 4.79 Å². The van der Waals surface area contributed by atoms with E-state index in [4.69, 9.17) is 5.73 Å². The van der Waals surface area contributed by atoms with E-state index in [0.29, 0.717) is 0 Å². The van der Waals surface area contributed by atoms with Gasteiger partial charge < -0.3 is 10.6 Å². The minimum Gasteiger partial charge on any atom is -0.318 e. The van der Waals surface area contributed by atoms with Crippen LogP contribution in [0.1, 0.15) is 10.9 Å². The molecule has 1 amide bonds. The number of halogens is 2. The third kappa shape index (κ3) is 2.27. The molecular formula is C13H10Br2N2OS. The number of hydrogen-bond acceptors (Lipinski definition) is 3. The van der Waals surface area contributed by atoms with E-state index in [1.807, 2.05) is 36.4 Å². The van der Waals surface area contributed by atoms with Crippen LogP contribution in [0, 0.1) is 0 Å². The summed E-state index contributed by atoms with van der Waals surface area (Å²) in [7, 11) is 0. The maximum absolute atomic E-state index is 12.0. The fraction of sp³-hybridized carbons (Fsp3) is 0.154. The van der Waals surface area contributed by atoms with Crippen LogP contribution >= 0.6 is 43.2 Å². The van der Waals surface area contributed by atoms with Gasteiger partial charge in [-0.2, -0.15) is 0 Å². The lowest BCUT2D eigenvalue weighted by Gasteiger charge is -2.44. The summed E-state index contributed by atoms with van der Waals surface area (Å²) < 4.78 is 2.04. The Balaban J connectivity index is 1.95. The second-order valence-corrected chi connectivity index (χ2v) is 7.71. The summed E-state index contributed by atoms with van der Waals surface area (Å²) in [6, 6.07) is 11.2. The maximum Gasteiger partial charge on any atom is 0.247 e. The molecular weight excluding hydrogens is 392 g/mol. The molecule has 0 radical (unpaired) electrons. The van der Waals surface area contributed by atoms with E-state index < -0.39 is 6.04 Å². The van der Waals surface area contributed by atoms with Crippen LogP contribution in [0.4, 0.5) is 5.69 Å². The molecule has 0 aliphatic carbocycles. The highest BCUT2D eigenvalue weighted by Crippen LogP contribution is 2.41. The Morgan fingerprint density at radius 2 is 1.79 bits per heavy atom. The smallest absolute Gasteiger partial charge is 0.247 e. The summed E-state index contributed by atoms with van der Waals surface area (Å²) in [5.74, 6) is -0.0307. The maximum atomic E-state index is 12.0. The first-order valence-electron chi connectivity index (χ1n) is 5.67. The molecule has 2 atom stereocenters. The van der Waals surface area contributed by atoms with Crippen molar-refractivity contribution in [2.75, 3.05) is 4.90 Å². The molecule has 2 N–H and O–H groups in total. The summed E-state index contributed by atoms with van der Waals surface area (Å²) in [6.07, 6.45) is 0. The van der Waals surface area contributed by atoms with Gasteiger partial charge in [0.25, 0.3) is 0 Å². The molecule has 0 bridgehead atoms. The third-order valence-electron chi connectivity index (χ3n) is 3.13. The molecule has 98 valence electrons. The number of nitrogens with two attached hydrogens (primary N) is 1. The molecule has 1 saturated heterocycles. The molecule has 0 saturated carbocycles. The molecule has 1 aromatic carbocycles. The van der Waals surface area contributed by atoms with Gasteiger partial charge in [0.1, 0.15) is 6.04 Å². The second kappa shape index (κ2) is 5.01. The first kappa shape index (κ1) is 13.3. The summed E-state index contributed by atoms with van der Waals surface area (Å²) >= 11 is 8.45. The van der Waals surface area contributed by atoms with Gasteiger partial charge >= 0.3 is 0 Å². The number of amides is 1. The normalized spacial score (nSPS) is 22.5. The molecule has 3 rings (SSSR count). The standard InChI is InChI=1S/C13H10Br2N2OS/c14-7-1-3-8(4-2-7)17-12(11(16)13(17)18)9-5-6-10(15)19-9/h1-6,11-12H,16H2/t11-,12+/m0/s1. The highest BCUT2D eigenvalue weighted by molar-refractivity contribution is 9.11.